The normalized spacial score (nSPS) is 18.4. The van der Waals surface area contributed by atoms with E-state index in [1.165, 1.54) is 24.0 Å². The Kier molecular flexibility index (Phi) is 2.31. The van der Waals surface area contributed by atoms with Crippen LogP contribution in [-0.4, -0.2) is 16.5 Å². The smallest absolute Gasteiger partial charge is 0.158 e. The van der Waals surface area contributed by atoms with Crippen LogP contribution >= 0.6 is 0 Å². The Bertz CT molecular complexity index is 695. The van der Waals surface area contributed by atoms with Crippen LogP contribution in [0, 0.1) is 11.3 Å². The highest BCUT2D eigenvalue weighted by atomic mass is 15.2. The second-order valence-electron chi connectivity index (χ2n) is 5.67. The quantitative estimate of drug-likeness (QED) is 0.792. The van der Waals surface area contributed by atoms with Crippen molar-refractivity contribution in [3.05, 3.63) is 53.5 Å². The summed E-state index contributed by atoms with van der Waals surface area (Å²) < 4.78 is 0. The molecule has 1 aromatic heterocycles. The van der Waals surface area contributed by atoms with Gasteiger partial charge in [-0.1, -0.05) is 24.3 Å². The SMILES string of the molecule is N#Cc1cnc(N2Cc3ccccc3C3(CC3)C2)cn1. The number of nitriles is 1. The van der Waals surface area contributed by atoms with Gasteiger partial charge in [0.25, 0.3) is 0 Å². The van der Waals surface area contributed by atoms with Gasteiger partial charge in [-0.15, -0.1) is 0 Å². The predicted molar refractivity (Wildman–Crippen MR) is 75.2 cm³/mol. The van der Waals surface area contributed by atoms with Gasteiger partial charge in [0.05, 0.1) is 12.4 Å². The van der Waals surface area contributed by atoms with Crippen LogP contribution in [0.1, 0.15) is 29.7 Å². The minimum absolute atomic E-state index is 0.324. The molecule has 1 fully saturated rings. The van der Waals surface area contributed by atoms with E-state index < -0.39 is 0 Å². The molecule has 0 saturated heterocycles. The Morgan fingerprint density at radius 1 is 1.15 bits per heavy atom. The van der Waals surface area contributed by atoms with E-state index in [1.54, 1.807) is 12.4 Å². The Hall–Kier alpha value is -2.41. The number of hydrogen-bond donors (Lipinski definition) is 0. The van der Waals surface area contributed by atoms with Crippen molar-refractivity contribution in [2.45, 2.75) is 24.8 Å². The summed E-state index contributed by atoms with van der Waals surface area (Å²) in [5.41, 5.74) is 3.59. The average Bonchev–Trinajstić information content (AvgIpc) is 3.27. The van der Waals surface area contributed by atoms with Crippen LogP contribution < -0.4 is 4.90 Å². The van der Waals surface area contributed by atoms with E-state index in [0.29, 0.717) is 11.1 Å². The van der Waals surface area contributed by atoms with Crippen molar-refractivity contribution in [3.63, 3.8) is 0 Å². The summed E-state index contributed by atoms with van der Waals surface area (Å²) >= 11 is 0. The Balaban J connectivity index is 1.70. The molecule has 0 amide bonds. The number of benzene rings is 1. The van der Waals surface area contributed by atoms with Crippen molar-refractivity contribution in [1.29, 1.82) is 5.26 Å². The molecular formula is C16H14N4. The zero-order valence-corrected chi connectivity index (χ0v) is 11.1. The van der Waals surface area contributed by atoms with Gasteiger partial charge in [-0.25, -0.2) is 9.97 Å². The third-order valence-corrected chi connectivity index (χ3v) is 4.37. The second kappa shape index (κ2) is 4.04. The van der Waals surface area contributed by atoms with Gasteiger partial charge in [0, 0.05) is 18.5 Å². The lowest BCUT2D eigenvalue weighted by Gasteiger charge is -2.35. The summed E-state index contributed by atoms with van der Waals surface area (Å²) in [5.74, 6) is 0.866. The van der Waals surface area contributed by atoms with Crippen molar-refractivity contribution in [2.24, 2.45) is 0 Å². The first-order chi connectivity index (χ1) is 9.81. The minimum Gasteiger partial charge on any atom is -0.350 e. The first-order valence-corrected chi connectivity index (χ1v) is 6.86. The van der Waals surface area contributed by atoms with Crippen molar-refractivity contribution in [2.75, 3.05) is 11.4 Å². The highest BCUT2D eigenvalue weighted by Crippen LogP contribution is 2.52. The first kappa shape index (κ1) is 11.4. The van der Waals surface area contributed by atoms with E-state index in [2.05, 4.69) is 39.1 Å². The fourth-order valence-corrected chi connectivity index (χ4v) is 3.17. The van der Waals surface area contributed by atoms with Crippen LogP contribution in [0.5, 0.6) is 0 Å². The third kappa shape index (κ3) is 1.67. The van der Waals surface area contributed by atoms with Crippen LogP contribution in [0.15, 0.2) is 36.7 Å². The standard InChI is InChI=1S/C16H14N4/c17-7-13-8-19-15(9-18-13)20-10-12-3-1-2-4-14(12)16(11-20)5-6-16/h1-4,8-9H,5-6,10-11H2. The fourth-order valence-electron chi connectivity index (χ4n) is 3.17. The molecule has 0 radical (unpaired) electrons. The van der Waals surface area contributed by atoms with Crippen LogP contribution in [0.25, 0.3) is 0 Å². The zero-order valence-electron chi connectivity index (χ0n) is 11.1. The van der Waals surface area contributed by atoms with Gasteiger partial charge in [-0.05, 0) is 24.0 Å². The zero-order chi connectivity index (χ0) is 13.6. The van der Waals surface area contributed by atoms with Gasteiger partial charge in [0.1, 0.15) is 11.9 Å². The highest BCUT2D eigenvalue weighted by molar-refractivity contribution is 5.50. The maximum absolute atomic E-state index is 8.80. The molecule has 1 aromatic carbocycles. The van der Waals surface area contributed by atoms with Gasteiger partial charge < -0.3 is 4.90 Å². The molecule has 0 bridgehead atoms. The van der Waals surface area contributed by atoms with Gasteiger partial charge in [0.2, 0.25) is 0 Å². The van der Waals surface area contributed by atoms with Gasteiger partial charge in [0.15, 0.2) is 5.69 Å². The largest absolute Gasteiger partial charge is 0.350 e. The van der Waals surface area contributed by atoms with Gasteiger partial charge in [-0.3, -0.25) is 0 Å². The molecule has 4 heteroatoms. The van der Waals surface area contributed by atoms with Crippen molar-refractivity contribution < 1.29 is 0 Å². The molecule has 0 unspecified atom stereocenters. The van der Waals surface area contributed by atoms with E-state index in [-0.39, 0.29) is 0 Å². The van der Waals surface area contributed by atoms with Crippen molar-refractivity contribution in [1.82, 2.24) is 9.97 Å². The first-order valence-electron chi connectivity index (χ1n) is 6.86. The summed E-state index contributed by atoms with van der Waals surface area (Å²) in [6.07, 6.45) is 5.77. The Morgan fingerprint density at radius 3 is 2.70 bits per heavy atom. The number of anilines is 1. The lowest BCUT2D eigenvalue weighted by Crippen LogP contribution is -2.38. The van der Waals surface area contributed by atoms with E-state index in [9.17, 15) is 0 Å². The summed E-state index contributed by atoms with van der Waals surface area (Å²) in [6.45, 7) is 1.88. The lowest BCUT2D eigenvalue weighted by molar-refractivity contribution is 0.587. The maximum Gasteiger partial charge on any atom is 0.158 e. The number of nitrogens with zero attached hydrogens (tertiary/aromatic N) is 4. The van der Waals surface area contributed by atoms with E-state index in [1.807, 2.05) is 6.07 Å². The second-order valence-corrected chi connectivity index (χ2v) is 5.67. The summed E-state index contributed by atoms with van der Waals surface area (Å²) in [5, 5.41) is 8.80. The van der Waals surface area contributed by atoms with Crippen LogP contribution in [0.4, 0.5) is 5.82 Å². The molecule has 2 aliphatic rings. The molecule has 1 saturated carbocycles. The predicted octanol–water partition coefficient (Wildman–Crippen LogP) is 2.40. The summed E-state index contributed by atoms with van der Waals surface area (Å²) in [4.78, 5) is 10.8. The highest BCUT2D eigenvalue weighted by Gasteiger charge is 2.49. The van der Waals surface area contributed by atoms with Crippen LogP contribution in [0.2, 0.25) is 0 Å². The minimum atomic E-state index is 0.324. The van der Waals surface area contributed by atoms with Crippen LogP contribution in [0.3, 0.4) is 0 Å². The molecule has 2 heterocycles. The van der Waals surface area contributed by atoms with E-state index >= 15 is 0 Å². The van der Waals surface area contributed by atoms with Crippen LogP contribution in [-0.2, 0) is 12.0 Å². The van der Waals surface area contributed by atoms with E-state index in [4.69, 9.17) is 5.26 Å². The number of fused-ring (bicyclic) bond motifs is 2. The molecule has 2 aromatic rings. The molecule has 0 atom stereocenters. The molecule has 4 rings (SSSR count). The average molecular weight is 262 g/mol. The van der Waals surface area contributed by atoms with Crippen molar-refractivity contribution >= 4 is 5.82 Å². The Labute approximate surface area is 117 Å². The molecule has 1 spiro atoms. The fraction of sp³-hybridized carbons (Fsp3) is 0.312. The molecule has 1 aliphatic heterocycles. The molecule has 1 aliphatic carbocycles. The monoisotopic (exact) mass is 262 g/mol. The van der Waals surface area contributed by atoms with Gasteiger partial charge in [-0.2, -0.15) is 5.26 Å². The lowest BCUT2D eigenvalue weighted by atomic mass is 9.87. The molecule has 20 heavy (non-hydrogen) atoms. The molecule has 4 nitrogen and oxygen atoms in total. The maximum atomic E-state index is 8.80. The number of rotatable bonds is 1. The van der Waals surface area contributed by atoms with Gasteiger partial charge >= 0.3 is 0 Å². The summed E-state index contributed by atoms with van der Waals surface area (Å²) in [7, 11) is 0. The molecule has 0 N–H and O–H groups in total. The number of hydrogen-bond acceptors (Lipinski definition) is 4. The van der Waals surface area contributed by atoms with Crippen molar-refractivity contribution in [3.8, 4) is 6.07 Å². The Morgan fingerprint density at radius 2 is 2.00 bits per heavy atom. The topological polar surface area (TPSA) is 52.8 Å². The molecular weight excluding hydrogens is 248 g/mol. The summed E-state index contributed by atoms with van der Waals surface area (Å²) in [6, 6.07) is 10.7. The molecule has 98 valence electrons. The number of aromatic nitrogens is 2. The van der Waals surface area contributed by atoms with E-state index in [0.717, 1.165) is 18.9 Å². The third-order valence-electron chi connectivity index (χ3n) is 4.37.